The molecule has 0 fully saturated rings. The predicted molar refractivity (Wildman–Crippen MR) is 120 cm³/mol. The number of fused-ring (bicyclic) bond motifs is 1. The van der Waals surface area contributed by atoms with Crippen LogP contribution in [0.25, 0.3) is 11.1 Å². The first-order valence-corrected chi connectivity index (χ1v) is 10.7. The van der Waals surface area contributed by atoms with Gasteiger partial charge >= 0.3 is 0 Å². The van der Waals surface area contributed by atoms with Gasteiger partial charge in [-0.25, -0.2) is 0 Å². The van der Waals surface area contributed by atoms with Crippen LogP contribution in [0.3, 0.4) is 0 Å². The van der Waals surface area contributed by atoms with E-state index in [1.165, 1.54) is 28.7 Å². The largest absolute Gasteiger partial charge is 0.496 e. The molecular formula is C27H30O2. The monoisotopic (exact) mass is 386 g/mol. The van der Waals surface area contributed by atoms with Crippen LogP contribution in [0.15, 0.2) is 66.7 Å². The summed E-state index contributed by atoms with van der Waals surface area (Å²) in [6.07, 6.45) is 5.61. The third kappa shape index (κ3) is 4.64. The Labute approximate surface area is 174 Å². The Morgan fingerprint density at radius 3 is 2.66 bits per heavy atom. The van der Waals surface area contributed by atoms with Crippen molar-refractivity contribution in [2.24, 2.45) is 0 Å². The molecule has 0 saturated heterocycles. The van der Waals surface area contributed by atoms with Crippen molar-refractivity contribution in [1.82, 2.24) is 0 Å². The van der Waals surface area contributed by atoms with E-state index in [4.69, 9.17) is 9.47 Å². The van der Waals surface area contributed by atoms with E-state index in [1.807, 2.05) is 0 Å². The summed E-state index contributed by atoms with van der Waals surface area (Å²) in [6.45, 7) is 3.12. The zero-order valence-electron chi connectivity index (χ0n) is 17.5. The van der Waals surface area contributed by atoms with Crippen molar-refractivity contribution >= 4 is 0 Å². The van der Waals surface area contributed by atoms with E-state index in [-0.39, 0.29) is 0 Å². The molecule has 1 atom stereocenters. The second kappa shape index (κ2) is 9.17. The van der Waals surface area contributed by atoms with Gasteiger partial charge in [0.25, 0.3) is 0 Å². The van der Waals surface area contributed by atoms with Gasteiger partial charge in [-0.05, 0) is 78.5 Å². The number of benzene rings is 3. The summed E-state index contributed by atoms with van der Waals surface area (Å²) in [6, 6.07) is 24.0. The van der Waals surface area contributed by atoms with Gasteiger partial charge in [-0.15, -0.1) is 0 Å². The number of hydrogen-bond donors (Lipinski definition) is 0. The molecule has 1 aliphatic heterocycles. The number of methoxy groups -OCH3 is 1. The molecule has 0 aromatic heterocycles. The Morgan fingerprint density at radius 1 is 0.966 bits per heavy atom. The number of hydrogen-bond acceptors (Lipinski definition) is 2. The lowest BCUT2D eigenvalue weighted by molar-refractivity contribution is 0.317. The smallest absolute Gasteiger partial charge is 0.126 e. The van der Waals surface area contributed by atoms with Gasteiger partial charge in [0.15, 0.2) is 0 Å². The Kier molecular flexibility index (Phi) is 6.19. The number of aryl methyl sites for hydroxylation is 2. The molecule has 2 nitrogen and oxygen atoms in total. The quantitative estimate of drug-likeness (QED) is 0.463. The summed E-state index contributed by atoms with van der Waals surface area (Å²) >= 11 is 0. The van der Waals surface area contributed by atoms with E-state index in [0.29, 0.717) is 5.92 Å². The highest BCUT2D eigenvalue weighted by atomic mass is 16.5. The highest BCUT2D eigenvalue weighted by Gasteiger charge is 2.14. The molecular weight excluding hydrogens is 356 g/mol. The number of rotatable bonds is 6. The van der Waals surface area contributed by atoms with Crippen LogP contribution in [-0.2, 0) is 12.8 Å². The van der Waals surface area contributed by atoms with Gasteiger partial charge in [0.2, 0.25) is 0 Å². The summed E-state index contributed by atoms with van der Waals surface area (Å²) in [4.78, 5) is 0. The number of ether oxygens (including phenoxy) is 2. The van der Waals surface area contributed by atoms with E-state index in [0.717, 1.165) is 49.4 Å². The van der Waals surface area contributed by atoms with Crippen molar-refractivity contribution in [1.29, 1.82) is 0 Å². The van der Waals surface area contributed by atoms with Gasteiger partial charge in [0.05, 0.1) is 13.7 Å². The minimum absolute atomic E-state index is 0.544. The van der Waals surface area contributed by atoms with Crippen LogP contribution in [-0.4, -0.2) is 13.7 Å². The fraction of sp³-hybridized carbons (Fsp3) is 0.333. The van der Waals surface area contributed by atoms with Crippen LogP contribution in [0.4, 0.5) is 0 Å². The van der Waals surface area contributed by atoms with E-state index in [1.54, 1.807) is 7.11 Å². The minimum atomic E-state index is 0.544. The van der Waals surface area contributed by atoms with Gasteiger partial charge in [0, 0.05) is 5.56 Å². The Hall–Kier alpha value is -2.74. The molecule has 0 unspecified atom stereocenters. The van der Waals surface area contributed by atoms with Crippen LogP contribution in [0.1, 0.15) is 48.8 Å². The SMILES string of the molecule is COc1ccc(CC[C@H](C)c2ccccc2)cc1-c1ccc2c(c1)OCCCC2. The second-order valence-electron chi connectivity index (χ2n) is 8.01. The molecule has 0 radical (unpaired) electrons. The van der Waals surface area contributed by atoms with Crippen molar-refractivity contribution in [3.63, 3.8) is 0 Å². The average molecular weight is 387 g/mol. The molecule has 3 aromatic carbocycles. The van der Waals surface area contributed by atoms with Crippen LogP contribution < -0.4 is 9.47 Å². The van der Waals surface area contributed by atoms with Crippen LogP contribution in [0.5, 0.6) is 11.5 Å². The van der Waals surface area contributed by atoms with Gasteiger partial charge < -0.3 is 9.47 Å². The third-order valence-corrected chi connectivity index (χ3v) is 5.97. The molecule has 3 aromatic rings. The molecule has 0 saturated carbocycles. The highest BCUT2D eigenvalue weighted by molar-refractivity contribution is 5.73. The summed E-state index contributed by atoms with van der Waals surface area (Å²) in [5.74, 6) is 2.49. The molecule has 0 bridgehead atoms. The van der Waals surface area contributed by atoms with Crippen molar-refractivity contribution in [2.45, 2.75) is 44.9 Å². The molecule has 29 heavy (non-hydrogen) atoms. The second-order valence-corrected chi connectivity index (χ2v) is 8.01. The first-order valence-electron chi connectivity index (χ1n) is 10.7. The maximum Gasteiger partial charge on any atom is 0.126 e. The highest BCUT2D eigenvalue weighted by Crippen LogP contribution is 2.36. The summed E-state index contributed by atoms with van der Waals surface area (Å²) in [5.41, 5.74) is 6.38. The van der Waals surface area contributed by atoms with Gasteiger partial charge in [-0.1, -0.05) is 55.5 Å². The molecule has 150 valence electrons. The Bertz CT molecular complexity index is 946. The molecule has 0 amide bonds. The molecule has 0 spiro atoms. The van der Waals surface area contributed by atoms with Gasteiger partial charge in [-0.3, -0.25) is 0 Å². The lowest BCUT2D eigenvalue weighted by atomic mass is 9.92. The molecule has 1 heterocycles. The fourth-order valence-electron chi connectivity index (χ4n) is 4.13. The zero-order valence-corrected chi connectivity index (χ0v) is 17.5. The molecule has 2 heteroatoms. The van der Waals surface area contributed by atoms with Crippen LogP contribution in [0, 0.1) is 0 Å². The summed E-state index contributed by atoms with van der Waals surface area (Å²) in [5, 5.41) is 0. The van der Waals surface area contributed by atoms with Crippen LogP contribution in [0.2, 0.25) is 0 Å². The standard InChI is InChI=1S/C27H30O2/c1-20(22-8-4-3-5-9-22)11-12-21-13-16-26(28-2)25(18-21)24-15-14-23-10-6-7-17-29-27(23)19-24/h3-5,8-9,13-16,18-20H,6-7,10-12,17H2,1-2H3/t20-/m0/s1. The third-order valence-electron chi connectivity index (χ3n) is 5.97. The lowest BCUT2D eigenvalue weighted by Crippen LogP contribution is -1.98. The van der Waals surface area contributed by atoms with Gasteiger partial charge in [0.1, 0.15) is 11.5 Å². The van der Waals surface area contributed by atoms with E-state index < -0.39 is 0 Å². The lowest BCUT2D eigenvalue weighted by Gasteiger charge is -2.15. The average Bonchev–Trinajstić information content (AvgIpc) is 3.02. The first kappa shape index (κ1) is 19.6. The van der Waals surface area contributed by atoms with E-state index in [2.05, 4.69) is 73.7 Å². The van der Waals surface area contributed by atoms with E-state index >= 15 is 0 Å². The Balaban J connectivity index is 1.56. The molecule has 0 aliphatic carbocycles. The van der Waals surface area contributed by atoms with Crippen molar-refractivity contribution in [3.8, 4) is 22.6 Å². The maximum atomic E-state index is 6.00. The fourth-order valence-corrected chi connectivity index (χ4v) is 4.13. The Morgan fingerprint density at radius 2 is 1.83 bits per heavy atom. The normalized spacial score (nSPS) is 14.4. The molecule has 4 rings (SSSR count). The molecule has 1 aliphatic rings. The van der Waals surface area contributed by atoms with Crippen LogP contribution >= 0.6 is 0 Å². The predicted octanol–water partition coefficient (Wildman–Crippen LogP) is 6.81. The summed E-state index contributed by atoms with van der Waals surface area (Å²) in [7, 11) is 1.75. The topological polar surface area (TPSA) is 18.5 Å². The molecule has 0 N–H and O–H groups in total. The van der Waals surface area contributed by atoms with Crippen molar-refractivity contribution in [3.05, 3.63) is 83.4 Å². The zero-order chi connectivity index (χ0) is 20.1. The van der Waals surface area contributed by atoms with Gasteiger partial charge in [-0.2, -0.15) is 0 Å². The van der Waals surface area contributed by atoms with Crippen molar-refractivity contribution < 1.29 is 9.47 Å². The maximum absolute atomic E-state index is 6.00. The minimum Gasteiger partial charge on any atom is -0.496 e. The first-order chi connectivity index (χ1) is 14.2. The van der Waals surface area contributed by atoms with Crippen molar-refractivity contribution in [2.75, 3.05) is 13.7 Å². The van der Waals surface area contributed by atoms with E-state index in [9.17, 15) is 0 Å². The summed E-state index contributed by atoms with van der Waals surface area (Å²) < 4.78 is 11.7.